The van der Waals surface area contributed by atoms with Crippen LogP contribution in [-0.4, -0.2) is 48.0 Å². The molecule has 8 heteroatoms. The van der Waals surface area contributed by atoms with Crippen LogP contribution < -0.4 is 5.49 Å². The number of pyridine rings is 1. The van der Waals surface area contributed by atoms with Gasteiger partial charge in [-0.3, -0.25) is 14.4 Å². The van der Waals surface area contributed by atoms with Gasteiger partial charge in [0.1, 0.15) is 5.49 Å². The average Bonchev–Trinajstić information content (AvgIpc) is 2.67. The number of hydrogen-bond acceptors (Lipinski definition) is 5. The number of carbonyl (C=O) groups is 1. The van der Waals surface area contributed by atoms with Crippen LogP contribution in [0.25, 0.3) is 0 Å². The molecule has 1 aromatic heterocycles. The number of rotatable bonds is 2. The Morgan fingerprint density at radius 3 is 2.81 bits per heavy atom. The molecular formula is C19H22N4O3S. The van der Waals surface area contributed by atoms with Gasteiger partial charge in [0.2, 0.25) is 0 Å². The van der Waals surface area contributed by atoms with E-state index in [1.54, 1.807) is 35.5 Å². The van der Waals surface area contributed by atoms with Gasteiger partial charge in [0.15, 0.2) is 5.84 Å². The lowest BCUT2D eigenvalue weighted by molar-refractivity contribution is 0.0954. The number of sulfonamides is 1. The molecule has 0 atom stereocenters. The van der Waals surface area contributed by atoms with Gasteiger partial charge in [-0.2, -0.15) is 0 Å². The second-order valence-electron chi connectivity index (χ2n) is 6.97. The molecule has 0 unspecified atom stereocenters. The largest absolute Gasteiger partial charge is 0.331 e. The lowest BCUT2D eigenvalue weighted by atomic mass is 9.96. The molecule has 1 aliphatic carbocycles. The Labute approximate surface area is 158 Å². The summed E-state index contributed by atoms with van der Waals surface area (Å²) in [7, 11) is -3.55. The minimum atomic E-state index is -3.55. The molecule has 0 spiro atoms. The number of carbonyl (C=O) groups excluding carboxylic acids is 1. The van der Waals surface area contributed by atoms with Crippen LogP contribution in [0.2, 0.25) is 0 Å². The molecule has 142 valence electrons. The van der Waals surface area contributed by atoms with Crippen LogP contribution in [0.15, 0.2) is 57.7 Å². The first-order valence-corrected chi connectivity index (χ1v) is 10.9. The molecule has 1 fully saturated rings. The summed E-state index contributed by atoms with van der Waals surface area (Å²) < 4.78 is 29.2. The maximum absolute atomic E-state index is 13.2. The smallest absolute Gasteiger partial charge is 0.267 e. The number of nitrogens with zero attached hydrogens (tertiary/aromatic N) is 4. The van der Waals surface area contributed by atoms with Crippen LogP contribution in [0.1, 0.15) is 36.9 Å². The summed E-state index contributed by atoms with van der Waals surface area (Å²) >= 11 is 0. The quantitative estimate of drug-likeness (QED) is 0.777. The van der Waals surface area contributed by atoms with Crippen molar-refractivity contribution >= 4 is 21.8 Å². The van der Waals surface area contributed by atoms with Crippen molar-refractivity contribution in [1.82, 2.24) is 9.47 Å². The maximum Gasteiger partial charge on any atom is 0.267 e. The summed E-state index contributed by atoms with van der Waals surface area (Å²) in [4.78, 5) is 19.7. The van der Waals surface area contributed by atoms with Crippen LogP contribution in [0.5, 0.6) is 0 Å². The normalized spacial score (nSPS) is 22.8. The van der Waals surface area contributed by atoms with Crippen molar-refractivity contribution in [2.45, 2.75) is 38.1 Å². The van der Waals surface area contributed by atoms with E-state index in [1.807, 2.05) is 12.1 Å². The highest BCUT2D eigenvalue weighted by molar-refractivity contribution is 7.90. The molecule has 0 aromatic carbocycles. The van der Waals surface area contributed by atoms with E-state index < -0.39 is 10.0 Å². The van der Waals surface area contributed by atoms with Gasteiger partial charge in [-0.05, 0) is 37.1 Å². The molecule has 0 bridgehead atoms. The predicted octanol–water partition coefficient (Wildman–Crippen LogP) is 1.86. The Hall–Kier alpha value is -2.48. The lowest BCUT2D eigenvalue weighted by Gasteiger charge is -2.28. The third kappa shape index (κ3) is 3.80. The molecular weight excluding hydrogens is 364 g/mol. The van der Waals surface area contributed by atoms with Crippen molar-refractivity contribution in [3.8, 4) is 0 Å². The minimum absolute atomic E-state index is 0.0525. The number of hydrogen-bond donors (Lipinski definition) is 0. The second kappa shape index (κ2) is 7.26. The minimum Gasteiger partial charge on any atom is -0.331 e. The van der Waals surface area contributed by atoms with Gasteiger partial charge in [0.25, 0.3) is 15.9 Å². The molecule has 0 radical (unpaired) electrons. The zero-order valence-corrected chi connectivity index (χ0v) is 15.8. The molecule has 3 aliphatic rings. The van der Waals surface area contributed by atoms with Crippen molar-refractivity contribution in [1.29, 1.82) is 0 Å². The Bertz CT molecular complexity index is 1010. The molecule has 0 N–H and O–H groups in total. The van der Waals surface area contributed by atoms with E-state index in [0.717, 1.165) is 25.7 Å². The summed E-state index contributed by atoms with van der Waals surface area (Å²) in [5.41, 5.74) is 0.854. The van der Waals surface area contributed by atoms with E-state index in [0.29, 0.717) is 12.0 Å². The van der Waals surface area contributed by atoms with Gasteiger partial charge in [-0.15, -0.1) is 4.40 Å². The van der Waals surface area contributed by atoms with Crippen LogP contribution in [0.4, 0.5) is 0 Å². The highest BCUT2D eigenvalue weighted by Gasteiger charge is 2.30. The molecule has 7 nitrogen and oxygen atoms in total. The molecule has 1 saturated carbocycles. The fourth-order valence-electron chi connectivity index (χ4n) is 3.62. The fourth-order valence-corrected chi connectivity index (χ4v) is 4.61. The fraction of sp³-hybridized carbons (Fsp3) is 0.421. The zero-order valence-electron chi connectivity index (χ0n) is 15.0. The van der Waals surface area contributed by atoms with Crippen molar-refractivity contribution < 1.29 is 13.2 Å². The van der Waals surface area contributed by atoms with E-state index in [2.05, 4.69) is 4.40 Å². The summed E-state index contributed by atoms with van der Waals surface area (Å²) in [6, 6.07) is 5.68. The maximum atomic E-state index is 13.2. The van der Waals surface area contributed by atoms with Crippen molar-refractivity contribution in [3.63, 3.8) is 0 Å². The monoisotopic (exact) mass is 386 g/mol. The Morgan fingerprint density at radius 2 is 2.00 bits per heavy atom. The first-order valence-electron chi connectivity index (χ1n) is 9.28. The molecule has 0 saturated heterocycles. The number of fused-ring (bicyclic) bond motifs is 1. The van der Waals surface area contributed by atoms with Crippen LogP contribution in [0, 0.1) is 0 Å². The first-order chi connectivity index (χ1) is 13.0. The van der Waals surface area contributed by atoms with Crippen LogP contribution in [-0.2, 0) is 10.0 Å². The first kappa shape index (κ1) is 17.9. The standard InChI is InChI=1S/C19H22N4O3S/c24-19(16-9-6-11-22-13-14-27(25,26)21-18(16)22)23-12-5-4-10-17(23)20-15-7-2-1-3-8-15/h4-6,9-12,15H,1-3,7-8,13-14H2. The van der Waals surface area contributed by atoms with E-state index >= 15 is 0 Å². The zero-order chi connectivity index (χ0) is 18.9. The highest BCUT2D eigenvalue weighted by atomic mass is 32.2. The summed E-state index contributed by atoms with van der Waals surface area (Å²) in [5.74, 6) is -0.188. The SMILES string of the molecule is O=C(C1=CC=CN2CCS(=O)(=O)N=C12)n1ccccc1=NC1CCCCC1. The van der Waals surface area contributed by atoms with Gasteiger partial charge >= 0.3 is 0 Å². The summed E-state index contributed by atoms with van der Waals surface area (Å²) in [6.45, 7) is 0.293. The number of aromatic nitrogens is 1. The average molecular weight is 386 g/mol. The van der Waals surface area contributed by atoms with E-state index in [-0.39, 0.29) is 29.1 Å². The molecule has 0 amide bonds. The van der Waals surface area contributed by atoms with E-state index in [4.69, 9.17) is 4.99 Å². The van der Waals surface area contributed by atoms with Crippen molar-refractivity contribution in [2.75, 3.05) is 12.3 Å². The topological polar surface area (TPSA) is 84.1 Å². The number of allylic oxidation sites excluding steroid dienone is 2. The molecule has 2 aliphatic heterocycles. The van der Waals surface area contributed by atoms with Crippen molar-refractivity contribution in [3.05, 3.63) is 53.8 Å². The van der Waals surface area contributed by atoms with Crippen molar-refractivity contribution in [2.24, 2.45) is 9.39 Å². The Balaban J connectivity index is 1.73. The molecule has 1 aromatic rings. The summed E-state index contributed by atoms with van der Waals surface area (Å²) in [6.07, 6.45) is 12.4. The molecule has 3 heterocycles. The van der Waals surface area contributed by atoms with Gasteiger partial charge in [-0.25, -0.2) is 8.42 Å². The highest BCUT2D eigenvalue weighted by Crippen LogP contribution is 2.20. The van der Waals surface area contributed by atoms with Crippen LogP contribution >= 0.6 is 0 Å². The van der Waals surface area contributed by atoms with Gasteiger partial charge in [-0.1, -0.05) is 25.3 Å². The molecule has 27 heavy (non-hydrogen) atoms. The Kier molecular flexibility index (Phi) is 4.82. The van der Waals surface area contributed by atoms with Gasteiger partial charge in [0.05, 0.1) is 17.4 Å². The summed E-state index contributed by atoms with van der Waals surface area (Å²) in [5, 5.41) is 0. The van der Waals surface area contributed by atoms with E-state index in [9.17, 15) is 13.2 Å². The third-order valence-electron chi connectivity index (χ3n) is 5.03. The third-order valence-corrected chi connectivity index (χ3v) is 6.18. The molecule has 4 rings (SSSR count). The van der Waals surface area contributed by atoms with Crippen LogP contribution in [0.3, 0.4) is 0 Å². The van der Waals surface area contributed by atoms with Gasteiger partial charge in [0, 0.05) is 18.9 Å². The van der Waals surface area contributed by atoms with Gasteiger partial charge < -0.3 is 4.90 Å². The second-order valence-corrected chi connectivity index (χ2v) is 8.73. The lowest BCUT2D eigenvalue weighted by Crippen LogP contribution is -2.42. The number of amidine groups is 1. The van der Waals surface area contributed by atoms with E-state index in [1.165, 1.54) is 11.0 Å². The predicted molar refractivity (Wildman–Crippen MR) is 103 cm³/mol. The Morgan fingerprint density at radius 1 is 1.19 bits per heavy atom.